The number of carbonyl (C=O) groups is 1. The number of amides is 1. The number of likely N-dealkylation sites (tertiary alicyclic amines) is 1. The highest BCUT2D eigenvalue weighted by molar-refractivity contribution is 5.85. The van der Waals surface area contributed by atoms with Gasteiger partial charge in [0.15, 0.2) is 0 Å². The number of hydrogen-bond donors (Lipinski definition) is 2. The Morgan fingerprint density at radius 1 is 1.29 bits per heavy atom. The van der Waals surface area contributed by atoms with Crippen LogP contribution in [0.5, 0.6) is 5.75 Å². The summed E-state index contributed by atoms with van der Waals surface area (Å²) in [4.78, 5) is 14.0. The average Bonchev–Trinajstić information content (AvgIpc) is 2.51. The predicted octanol–water partition coefficient (Wildman–Crippen LogP) is 1.79. The number of nitrogens with two attached hydrogens (primary N) is 1. The molecule has 5 nitrogen and oxygen atoms in total. The lowest BCUT2D eigenvalue weighted by atomic mass is 10.1. The van der Waals surface area contributed by atoms with E-state index in [1.807, 2.05) is 0 Å². The summed E-state index contributed by atoms with van der Waals surface area (Å²) in [6.45, 7) is -0.181. The molecule has 0 bridgehead atoms. The molecule has 1 saturated heterocycles. The van der Waals surface area contributed by atoms with Gasteiger partial charge in [-0.25, -0.2) is 0 Å². The minimum atomic E-state index is -2.82. The van der Waals surface area contributed by atoms with Crippen molar-refractivity contribution >= 4 is 18.3 Å². The topological polar surface area (TPSA) is 67.6 Å². The van der Waals surface area contributed by atoms with Crippen molar-refractivity contribution in [2.75, 3.05) is 26.2 Å². The summed E-state index contributed by atoms with van der Waals surface area (Å²) in [5.74, 6) is 0.134. The number of nitrogens with one attached hydrogen (secondary N) is 1. The van der Waals surface area contributed by atoms with Crippen molar-refractivity contribution in [2.45, 2.75) is 31.9 Å². The van der Waals surface area contributed by atoms with Crippen LogP contribution in [0, 0.1) is 0 Å². The normalized spacial score (nSPS) is 15.8. The number of nitrogens with zero attached hydrogens (tertiary/aromatic N) is 1. The van der Waals surface area contributed by atoms with E-state index in [4.69, 9.17) is 5.73 Å². The maximum Gasteiger partial charge on any atom is 0.387 e. The van der Waals surface area contributed by atoms with E-state index in [1.165, 1.54) is 12.1 Å². The lowest BCUT2D eigenvalue weighted by Crippen LogP contribution is -2.44. The Balaban J connectivity index is 0.00000288. The van der Waals surface area contributed by atoms with Crippen molar-refractivity contribution in [3.05, 3.63) is 29.8 Å². The number of ether oxygens (including phenoxy) is 1. The van der Waals surface area contributed by atoms with Crippen LogP contribution in [0.1, 0.15) is 18.4 Å². The van der Waals surface area contributed by atoms with E-state index in [0.717, 1.165) is 31.5 Å². The van der Waals surface area contributed by atoms with Crippen molar-refractivity contribution in [1.29, 1.82) is 0 Å². The number of hydrogen-bond acceptors (Lipinski definition) is 4. The summed E-state index contributed by atoms with van der Waals surface area (Å²) in [7, 11) is 0. The molecule has 1 heterocycles. The maximum absolute atomic E-state index is 12.0. The van der Waals surface area contributed by atoms with Gasteiger partial charge in [0.1, 0.15) is 5.75 Å². The zero-order valence-corrected chi connectivity index (χ0v) is 14.2. The molecule has 0 aliphatic carbocycles. The number of benzene rings is 1. The van der Waals surface area contributed by atoms with E-state index in [-0.39, 0.29) is 30.1 Å². The molecule has 24 heavy (non-hydrogen) atoms. The van der Waals surface area contributed by atoms with E-state index in [0.29, 0.717) is 19.5 Å². The Morgan fingerprint density at radius 2 is 1.92 bits per heavy atom. The average molecular weight is 364 g/mol. The summed E-state index contributed by atoms with van der Waals surface area (Å²) in [5.41, 5.74) is 6.79. The van der Waals surface area contributed by atoms with Gasteiger partial charge in [-0.1, -0.05) is 12.1 Å². The van der Waals surface area contributed by atoms with Gasteiger partial charge in [-0.3, -0.25) is 9.69 Å². The summed E-state index contributed by atoms with van der Waals surface area (Å²) in [6, 6.07) is 6.69. The minimum absolute atomic E-state index is 0. The predicted molar refractivity (Wildman–Crippen MR) is 90.7 cm³/mol. The third-order valence-electron chi connectivity index (χ3n) is 3.88. The molecule has 0 aromatic heterocycles. The number of carbonyl (C=O) groups excluding carboxylic acids is 1. The first-order valence-corrected chi connectivity index (χ1v) is 7.81. The highest BCUT2D eigenvalue weighted by atomic mass is 35.5. The third-order valence-corrected chi connectivity index (χ3v) is 3.88. The first kappa shape index (κ1) is 20.6. The SMILES string of the molecule is Cl.NC1CCN(CC(=O)NCCc2ccc(OC(F)F)cc2)CC1. The summed E-state index contributed by atoms with van der Waals surface area (Å²) in [5, 5.41) is 2.87. The first-order valence-electron chi connectivity index (χ1n) is 7.81. The van der Waals surface area contributed by atoms with E-state index in [1.54, 1.807) is 12.1 Å². The molecular formula is C16H24ClF2N3O2. The van der Waals surface area contributed by atoms with Gasteiger partial charge >= 0.3 is 6.61 Å². The highest BCUT2D eigenvalue weighted by Crippen LogP contribution is 2.15. The van der Waals surface area contributed by atoms with Gasteiger partial charge in [0.05, 0.1) is 6.54 Å². The van der Waals surface area contributed by atoms with Crippen LogP contribution in [0.25, 0.3) is 0 Å². The second-order valence-corrected chi connectivity index (χ2v) is 5.74. The fourth-order valence-corrected chi connectivity index (χ4v) is 2.55. The second-order valence-electron chi connectivity index (χ2n) is 5.74. The zero-order valence-electron chi connectivity index (χ0n) is 13.4. The quantitative estimate of drug-likeness (QED) is 0.775. The van der Waals surface area contributed by atoms with Crippen molar-refractivity contribution in [3.63, 3.8) is 0 Å². The Morgan fingerprint density at radius 3 is 2.50 bits per heavy atom. The minimum Gasteiger partial charge on any atom is -0.435 e. The van der Waals surface area contributed by atoms with Crippen LogP contribution < -0.4 is 15.8 Å². The molecule has 1 aromatic rings. The number of rotatable bonds is 7. The molecular weight excluding hydrogens is 340 g/mol. The van der Waals surface area contributed by atoms with Crippen LogP contribution in [-0.2, 0) is 11.2 Å². The van der Waals surface area contributed by atoms with Crippen molar-refractivity contribution in [2.24, 2.45) is 5.73 Å². The van der Waals surface area contributed by atoms with Crippen LogP contribution >= 0.6 is 12.4 Å². The van der Waals surface area contributed by atoms with E-state index >= 15 is 0 Å². The molecule has 3 N–H and O–H groups in total. The van der Waals surface area contributed by atoms with Crippen molar-refractivity contribution in [1.82, 2.24) is 10.2 Å². The fraction of sp³-hybridized carbons (Fsp3) is 0.562. The molecule has 0 spiro atoms. The van der Waals surface area contributed by atoms with E-state index in [2.05, 4.69) is 15.0 Å². The van der Waals surface area contributed by atoms with Crippen LogP contribution in [0.3, 0.4) is 0 Å². The van der Waals surface area contributed by atoms with Gasteiger partial charge in [-0.15, -0.1) is 12.4 Å². The van der Waals surface area contributed by atoms with Gasteiger partial charge in [0, 0.05) is 25.7 Å². The Hall–Kier alpha value is -1.44. The lowest BCUT2D eigenvalue weighted by molar-refractivity contribution is -0.122. The molecule has 1 aliphatic heterocycles. The maximum atomic E-state index is 12.0. The molecule has 1 amide bonds. The molecule has 1 fully saturated rings. The molecule has 136 valence electrons. The molecule has 2 rings (SSSR count). The largest absolute Gasteiger partial charge is 0.435 e. The van der Waals surface area contributed by atoms with Gasteiger partial charge in [0.25, 0.3) is 0 Å². The summed E-state index contributed by atoms with van der Waals surface area (Å²) >= 11 is 0. The van der Waals surface area contributed by atoms with Gasteiger partial charge < -0.3 is 15.8 Å². The molecule has 0 atom stereocenters. The number of piperidine rings is 1. The number of halogens is 3. The third kappa shape index (κ3) is 7.42. The molecule has 0 radical (unpaired) electrons. The molecule has 8 heteroatoms. The molecule has 1 aromatic carbocycles. The van der Waals surface area contributed by atoms with Gasteiger partial charge in [-0.2, -0.15) is 8.78 Å². The second kappa shape index (κ2) is 10.4. The van der Waals surface area contributed by atoms with Gasteiger partial charge in [0.2, 0.25) is 5.91 Å². The van der Waals surface area contributed by atoms with Crippen molar-refractivity contribution in [3.8, 4) is 5.75 Å². The molecule has 0 saturated carbocycles. The Bertz CT molecular complexity index is 495. The first-order chi connectivity index (χ1) is 11.0. The number of alkyl halides is 2. The van der Waals surface area contributed by atoms with Gasteiger partial charge in [-0.05, 0) is 37.0 Å². The lowest BCUT2D eigenvalue weighted by Gasteiger charge is -2.29. The fourth-order valence-electron chi connectivity index (χ4n) is 2.55. The monoisotopic (exact) mass is 363 g/mol. The van der Waals surface area contributed by atoms with Crippen LogP contribution in [0.15, 0.2) is 24.3 Å². The van der Waals surface area contributed by atoms with Crippen LogP contribution in [0.4, 0.5) is 8.78 Å². The molecule has 0 unspecified atom stereocenters. The van der Waals surface area contributed by atoms with E-state index in [9.17, 15) is 13.6 Å². The highest BCUT2D eigenvalue weighted by Gasteiger charge is 2.17. The van der Waals surface area contributed by atoms with Crippen molar-refractivity contribution < 1.29 is 18.3 Å². The van der Waals surface area contributed by atoms with E-state index < -0.39 is 6.61 Å². The zero-order chi connectivity index (χ0) is 16.7. The molecule has 1 aliphatic rings. The summed E-state index contributed by atoms with van der Waals surface area (Å²) < 4.78 is 28.4. The van der Waals surface area contributed by atoms with Crippen LogP contribution in [0.2, 0.25) is 0 Å². The standard InChI is InChI=1S/C16H23F2N3O2.ClH/c17-16(18)23-14-3-1-12(2-4-14)5-8-20-15(22)11-21-9-6-13(19)7-10-21;/h1-4,13,16H,5-11,19H2,(H,20,22);1H. The Labute approximate surface area is 146 Å². The Kier molecular flexibility index (Phi) is 8.95. The summed E-state index contributed by atoms with van der Waals surface area (Å²) in [6.07, 6.45) is 2.51. The van der Waals surface area contributed by atoms with Crippen LogP contribution in [-0.4, -0.2) is 49.6 Å². The smallest absolute Gasteiger partial charge is 0.387 e.